The summed E-state index contributed by atoms with van der Waals surface area (Å²) in [5.74, 6) is -3.03. The van der Waals surface area contributed by atoms with E-state index in [0.717, 1.165) is 25.3 Å². The van der Waals surface area contributed by atoms with Gasteiger partial charge in [0.2, 0.25) is 5.91 Å². The topological polar surface area (TPSA) is 66.4 Å². The molecule has 112 valence electrons. The van der Waals surface area contributed by atoms with Gasteiger partial charge in [0, 0.05) is 5.02 Å². The van der Waals surface area contributed by atoms with Crippen molar-refractivity contribution >= 4 is 29.2 Å². The molecule has 2 aliphatic rings. The van der Waals surface area contributed by atoms with Crippen LogP contribution in [0.4, 0.5) is 10.1 Å². The molecule has 1 aromatic rings. The molecule has 21 heavy (non-hydrogen) atoms. The number of amides is 1. The van der Waals surface area contributed by atoms with Crippen molar-refractivity contribution in [3.8, 4) is 0 Å². The van der Waals surface area contributed by atoms with Crippen molar-refractivity contribution in [2.45, 2.75) is 19.3 Å². The number of carbonyl (C=O) groups excluding carboxylic acids is 1. The molecule has 0 saturated heterocycles. The second kappa shape index (κ2) is 5.30. The Morgan fingerprint density at radius 3 is 2.52 bits per heavy atom. The number of carboxylic acids is 1. The molecule has 0 radical (unpaired) electrons. The van der Waals surface area contributed by atoms with Crippen LogP contribution in [-0.4, -0.2) is 17.0 Å². The molecule has 4 nitrogen and oxygen atoms in total. The van der Waals surface area contributed by atoms with Crippen molar-refractivity contribution in [1.82, 2.24) is 0 Å². The maximum absolute atomic E-state index is 13.7. The molecule has 2 aliphatic carbocycles. The third-order valence-electron chi connectivity index (χ3n) is 4.69. The summed E-state index contributed by atoms with van der Waals surface area (Å²) in [6, 6.07) is 3.99. The Kier molecular flexibility index (Phi) is 3.61. The van der Waals surface area contributed by atoms with Gasteiger partial charge in [-0.05, 0) is 49.3 Å². The average molecular weight is 312 g/mol. The van der Waals surface area contributed by atoms with Crippen molar-refractivity contribution in [1.29, 1.82) is 0 Å². The van der Waals surface area contributed by atoms with Gasteiger partial charge in [0.1, 0.15) is 5.82 Å². The largest absolute Gasteiger partial charge is 0.481 e. The highest BCUT2D eigenvalue weighted by molar-refractivity contribution is 6.30. The standard InChI is InChI=1S/C15H15ClFNO3/c16-9-3-4-11(10(17)6-9)18-14(19)12-7-1-2-8(5-7)13(12)15(20)21/h3-4,6-8,12-13H,1-2,5H2,(H,18,19)(H,20,21)/t7-,8-,12+,13-/m0/s1. The van der Waals surface area contributed by atoms with Crippen LogP contribution in [-0.2, 0) is 9.59 Å². The highest BCUT2D eigenvalue weighted by Gasteiger charge is 2.54. The van der Waals surface area contributed by atoms with Gasteiger partial charge in [-0.3, -0.25) is 9.59 Å². The highest BCUT2D eigenvalue weighted by atomic mass is 35.5. The zero-order chi connectivity index (χ0) is 15.1. The van der Waals surface area contributed by atoms with E-state index in [1.807, 2.05) is 0 Å². The van der Waals surface area contributed by atoms with Gasteiger partial charge in [-0.1, -0.05) is 11.6 Å². The van der Waals surface area contributed by atoms with E-state index in [4.69, 9.17) is 11.6 Å². The lowest BCUT2D eigenvalue weighted by Gasteiger charge is -2.27. The zero-order valence-electron chi connectivity index (χ0n) is 11.2. The van der Waals surface area contributed by atoms with E-state index in [2.05, 4.69) is 5.32 Å². The first-order valence-electron chi connectivity index (χ1n) is 6.96. The van der Waals surface area contributed by atoms with Gasteiger partial charge in [-0.15, -0.1) is 0 Å². The number of hydrogen-bond acceptors (Lipinski definition) is 2. The number of halogens is 2. The second-order valence-electron chi connectivity index (χ2n) is 5.84. The van der Waals surface area contributed by atoms with Crippen molar-refractivity contribution in [3.63, 3.8) is 0 Å². The number of aliphatic carboxylic acids is 1. The van der Waals surface area contributed by atoms with Crippen LogP contribution < -0.4 is 5.32 Å². The lowest BCUT2D eigenvalue weighted by molar-refractivity contribution is -0.148. The van der Waals surface area contributed by atoms with E-state index in [-0.39, 0.29) is 22.5 Å². The van der Waals surface area contributed by atoms with Crippen LogP contribution in [0, 0.1) is 29.5 Å². The number of nitrogens with one attached hydrogen (secondary N) is 1. The van der Waals surface area contributed by atoms with Gasteiger partial charge in [0.25, 0.3) is 0 Å². The molecule has 4 atom stereocenters. The molecule has 0 spiro atoms. The summed E-state index contributed by atoms with van der Waals surface area (Å²) < 4.78 is 13.7. The maximum Gasteiger partial charge on any atom is 0.307 e. The first kappa shape index (κ1) is 14.3. The van der Waals surface area contributed by atoms with E-state index in [1.54, 1.807) is 0 Å². The molecule has 1 aromatic carbocycles. The molecule has 6 heteroatoms. The van der Waals surface area contributed by atoms with Crippen LogP contribution in [0.2, 0.25) is 5.02 Å². The van der Waals surface area contributed by atoms with Crippen molar-refractivity contribution < 1.29 is 19.1 Å². The molecule has 0 aliphatic heterocycles. The van der Waals surface area contributed by atoms with E-state index < -0.39 is 29.5 Å². The van der Waals surface area contributed by atoms with Crippen LogP contribution in [0.3, 0.4) is 0 Å². The van der Waals surface area contributed by atoms with Crippen molar-refractivity contribution in [2.75, 3.05) is 5.32 Å². The third kappa shape index (κ3) is 2.50. The van der Waals surface area contributed by atoms with E-state index in [9.17, 15) is 19.1 Å². The molecule has 0 unspecified atom stereocenters. The summed E-state index contributed by atoms with van der Waals surface area (Å²) in [6.07, 6.45) is 2.51. The Balaban J connectivity index is 1.80. The van der Waals surface area contributed by atoms with Gasteiger partial charge in [0.05, 0.1) is 17.5 Å². The maximum atomic E-state index is 13.7. The Morgan fingerprint density at radius 1 is 1.24 bits per heavy atom. The van der Waals surface area contributed by atoms with Gasteiger partial charge in [-0.2, -0.15) is 0 Å². The first-order chi connectivity index (χ1) is 9.97. The number of hydrogen-bond donors (Lipinski definition) is 2. The van der Waals surface area contributed by atoms with Gasteiger partial charge in [0.15, 0.2) is 0 Å². The molecule has 2 saturated carbocycles. The smallest absolute Gasteiger partial charge is 0.307 e. The summed E-state index contributed by atoms with van der Waals surface area (Å²) in [4.78, 5) is 23.8. The lowest BCUT2D eigenvalue weighted by atomic mass is 9.78. The summed E-state index contributed by atoms with van der Waals surface area (Å²) >= 11 is 5.67. The Morgan fingerprint density at radius 2 is 1.90 bits per heavy atom. The Hall–Kier alpha value is -1.62. The second-order valence-corrected chi connectivity index (χ2v) is 6.27. The normalized spacial score (nSPS) is 30.4. The molecule has 2 N–H and O–H groups in total. The lowest BCUT2D eigenvalue weighted by Crippen LogP contribution is -2.38. The predicted octanol–water partition coefficient (Wildman–Crippen LogP) is 3.16. The summed E-state index contributed by atoms with van der Waals surface area (Å²) in [5, 5.41) is 12.1. The third-order valence-corrected chi connectivity index (χ3v) is 4.93. The number of benzene rings is 1. The predicted molar refractivity (Wildman–Crippen MR) is 75.5 cm³/mol. The van der Waals surface area contributed by atoms with Gasteiger partial charge >= 0.3 is 5.97 Å². The number of anilines is 1. The van der Waals surface area contributed by atoms with Gasteiger partial charge in [-0.25, -0.2) is 4.39 Å². The molecule has 0 aromatic heterocycles. The molecule has 2 bridgehead atoms. The fraction of sp³-hybridized carbons (Fsp3) is 0.467. The number of carboxylic acid groups (broad SMARTS) is 1. The SMILES string of the molecule is O=C(Nc1ccc(Cl)cc1F)[C@@H]1[C@H]2CC[C@@H](C2)[C@@H]1C(=O)O. The highest BCUT2D eigenvalue weighted by Crippen LogP contribution is 2.52. The van der Waals surface area contributed by atoms with Crippen LogP contribution in [0.1, 0.15) is 19.3 Å². The summed E-state index contributed by atoms with van der Waals surface area (Å²) in [5.41, 5.74) is 0.0383. The monoisotopic (exact) mass is 311 g/mol. The zero-order valence-corrected chi connectivity index (χ0v) is 11.9. The van der Waals surface area contributed by atoms with E-state index in [1.165, 1.54) is 12.1 Å². The summed E-state index contributed by atoms with van der Waals surface area (Å²) in [6.45, 7) is 0. The van der Waals surface area contributed by atoms with Crippen molar-refractivity contribution in [2.24, 2.45) is 23.7 Å². The van der Waals surface area contributed by atoms with Crippen LogP contribution in [0.25, 0.3) is 0 Å². The quantitative estimate of drug-likeness (QED) is 0.901. The Labute approximate surface area is 126 Å². The number of fused-ring (bicyclic) bond motifs is 2. The number of rotatable bonds is 3. The minimum Gasteiger partial charge on any atom is -0.481 e. The van der Waals surface area contributed by atoms with Crippen molar-refractivity contribution in [3.05, 3.63) is 29.0 Å². The molecular formula is C15H15ClFNO3. The van der Waals surface area contributed by atoms with E-state index >= 15 is 0 Å². The van der Waals surface area contributed by atoms with Crippen LogP contribution in [0.15, 0.2) is 18.2 Å². The molecule has 2 fully saturated rings. The van der Waals surface area contributed by atoms with E-state index in [0.29, 0.717) is 0 Å². The molecule has 1 amide bonds. The fourth-order valence-electron chi connectivity index (χ4n) is 3.83. The fourth-order valence-corrected chi connectivity index (χ4v) is 3.99. The Bertz CT molecular complexity index is 607. The minimum atomic E-state index is -0.932. The molecule has 0 heterocycles. The minimum absolute atomic E-state index is 0.0383. The van der Waals surface area contributed by atoms with Crippen LogP contribution in [0.5, 0.6) is 0 Å². The van der Waals surface area contributed by atoms with Crippen LogP contribution >= 0.6 is 11.6 Å². The number of carbonyl (C=O) groups is 2. The first-order valence-corrected chi connectivity index (χ1v) is 7.34. The average Bonchev–Trinajstić information content (AvgIpc) is 3.02. The molecular weight excluding hydrogens is 297 g/mol. The molecule has 3 rings (SSSR count). The van der Waals surface area contributed by atoms with Gasteiger partial charge < -0.3 is 10.4 Å². The summed E-state index contributed by atoms with van der Waals surface area (Å²) in [7, 11) is 0.